The second-order valence-electron chi connectivity index (χ2n) is 6.62. The Kier molecular flexibility index (Phi) is 6.11. The molecule has 19 heavy (non-hydrogen) atoms. The average molecular weight is 267 g/mol. The molecule has 0 aromatic rings. The molecule has 1 aliphatic carbocycles. The molecule has 1 aliphatic heterocycles. The summed E-state index contributed by atoms with van der Waals surface area (Å²) in [6, 6.07) is 2.22. The maximum absolute atomic E-state index is 3.84. The Morgan fingerprint density at radius 3 is 2.63 bits per heavy atom. The molecule has 0 amide bonds. The molecule has 2 rings (SSSR count). The largest absolute Gasteiger partial charge is 0.312 e. The summed E-state index contributed by atoms with van der Waals surface area (Å²) in [5, 5.41) is 3.84. The zero-order chi connectivity index (χ0) is 13.7. The van der Waals surface area contributed by atoms with Crippen molar-refractivity contribution in [2.45, 2.75) is 70.5 Å². The van der Waals surface area contributed by atoms with Crippen LogP contribution in [0.15, 0.2) is 0 Å². The fourth-order valence-electron chi connectivity index (χ4n) is 3.90. The first-order valence-corrected chi connectivity index (χ1v) is 8.40. The van der Waals surface area contributed by atoms with Crippen LogP contribution >= 0.6 is 0 Å². The summed E-state index contributed by atoms with van der Waals surface area (Å²) >= 11 is 0. The minimum Gasteiger partial charge on any atom is -0.312 e. The molecule has 2 aliphatic rings. The molecule has 0 bridgehead atoms. The van der Waals surface area contributed by atoms with E-state index in [1.54, 1.807) is 0 Å². The van der Waals surface area contributed by atoms with E-state index in [-0.39, 0.29) is 0 Å². The van der Waals surface area contributed by atoms with Gasteiger partial charge in [0.05, 0.1) is 0 Å². The summed E-state index contributed by atoms with van der Waals surface area (Å²) in [7, 11) is 2.26. The highest BCUT2D eigenvalue weighted by atomic mass is 15.3. The normalized spacial score (nSPS) is 35.2. The lowest BCUT2D eigenvalue weighted by molar-refractivity contribution is 0.0417. The molecule has 0 aromatic heterocycles. The van der Waals surface area contributed by atoms with Crippen LogP contribution in [-0.4, -0.2) is 61.2 Å². The number of rotatable bonds is 4. The van der Waals surface area contributed by atoms with Crippen molar-refractivity contribution in [3.63, 3.8) is 0 Å². The van der Waals surface area contributed by atoms with Gasteiger partial charge in [0.2, 0.25) is 0 Å². The quantitative estimate of drug-likeness (QED) is 0.789. The van der Waals surface area contributed by atoms with E-state index in [4.69, 9.17) is 0 Å². The van der Waals surface area contributed by atoms with Gasteiger partial charge in [0.25, 0.3) is 0 Å². The second kappa shape index (κ2) is 7.61. The number of nitrogens with zero attached hydrogens (tertiary/aromatic N) is 2. The van der Waals surface area contributed by atoms with Crippen LogP contribution < -0.4 is 5.32 Å². The van der Waals surface area contributed by atoms with Gasteiger partial charge in [-0.1, -0.05) is 26.2 Å². The molecule has 3 heteroatoms. The predicted molar refractivity (Wildman–Crippen MR) is 82.6 cm³/mol. The number of hydrogen-bond donors (Lipinski definition) is 1. The Hall–Kier alpha value is -0.120. The van der Waals surface area contributed by atoms with Crippen LogP contribution in [0.2, 0.25) is 0 Å². The van der Waals surface area contributed by atoms with Crippen LogP contribution in [0.25, 0.3) is 0 Å². The summed E-state index contributed by atoms with van der Waals surface area (Å²) in [6.07, 6.45) is 8.30. The zero-order valence-electron chi connectivity index (χ0n) is 13.2. The third kappa shape index (κ3) is 4.17. The predicted octanol–water partition coefficient (Wildman–Crippen LogP) is 2.32. The van der Waals surface area contributed by atoms with E-state index in [0.29, 0.717) is 6.04 Å². The van der Waals surface area contributed by atoms with Gasteiger partial charge >= 0.3 is 0 Å². The van der Waals surface area contributed by atoms with Crippen LogP contribution in [0.4, 0.5) is 0 Å². The minimum absolute atomic E-state index is 0.716. The lowest BCUT2D eigenvalue weighted by Crippen LogP contribution is -2.59. The van der Waals surface area contributed by atoms with E-state index in [2.05, 4.69) is 36.0 Å². The van der Waals surface area contributed by atoms with Crippen molar-refractivity contribution in [2.24, 2.45) is 0 Å². The maximum Gasteiger partial charge on any atom is 0.0253 e. The molecule has 0 spiro atoms. The van der Waals surface area contributed by atoms with E-state index in [1.807, 2.05) is 0 Å². The smallest absolute Gasteiger partial charge is 0.0253 e. The Morgan fingerprint density at radius 2 is 1.89 bits per heavy atom. The summed E-state index contributed by atoms with van der Waals surface area (Å²) < 4.78 is 0. The third-order valence-electron chi connectivity index (χ3n) is 4.94. The van der Waals surface area contributed by atoms with Crippen molar-refractivity contribution in [3.8, 4) is 0 Å². The van der Waals surface area contributed by atoms with Crippen LogP contribution in [0.5, 0.6) is 0 Å². The van der Waals surface area contributed by atoms with Crippen molar-refractivity contribution in [1.82, 2.24) is 15.1 Å². The molecule has 0 aromatic carbocycles. The fourth-order valence-corrected chi connectivity index (χ4v) is 3.90. The summed E-state index contributed by atoms with van der Waals surface area (Å²) in [5.41, 5.74) is 0. The molecule has 1 N–H and O–H groups in total. The Bertz CT molecular complexity index is 256. The van der Waals surface area contributed by atoms with Crippen LogP contribution in [0.3, 0.4) is 0 Å². The molecule has 3 unspecified atom stereocenters. The van der Waals surface area contributed by atoms with Crippen molar-refractivity contribution >= 4 is 0 Å². The lowest BCUT2D eigenvalue weighted by Gasteiger charge is -2.45. The topological polar surface area (TPSA) is 18.5 Å². The first kappa shape index (κ1) is 15.3. The third-order valence-corrected chi connectivity index (χ3v) is 4.94. The van der Waals surface area contributed by atoms with Gasteiger partial charge < -0.3 is 10.2 Å². The van der Waals surface area contributed by atoms with Crippen LogP contribution in [0.1, 0.15) is 52.4 Å². The van der Waals surface area contributed by atoms with E-state index in [9.17, 15) is 0 Å². The summed E-state index contributed by atoms with van der Waals surface area (Å²) in [6.45, 7) is 9.60. The molecule has 3 atom stereocenters. The minimum atomic E-state index is 0.716. The second-order valence-corrected chi connectivity index (χ2v) is 6.62. The van der Waals surface area contributed by atoms with Gasteiger partial charge in [0.15, 0.2) is 0 Å². The van der Waals surface area contributed by atoms with Crippen LogP contribution in [-0.2, 0) is 0 Å². The highest BCUT2D eigenvalue weighted by Gasteiger charge is 2.33. The molecule has 112 valence electrons. The first-order chi connectivity index (χ1) is 9.22. The Balaban J connectivity index is 1.99. The molecule has 3 nitrogen and oxygen atoms in total. The summed E-state index contributed by atoms with van der Waals surface area (Å²) in [5.74, 6) is 0. The number of nitrogens with one attached hydrogen (secondary N) is 1. The van der Waals surface area contributed by atoms with Gasteiger partial charge in [-0.15, -0.1) is 0 Å². The highest BCUT2D eigenvalue weighted by Crippen LogP contribution is 2.25. The molecule has 1 heterocycles. The monoisotopic (exact) mass is 267 g/mol. The molecular weight excluding hydrogens is 234 g/mol. The summed E-state index contributed by atoms with van der Waals surface area (Å²) in [4.78, 5) is 5.28. The van der Waals surface area contributed by atoms with Gasteiger partial charge in [0, 0.05) is 37.8 Å². The van der Waals surface area contributed by atoms with E-state index < -0.39 is 0 Å². The SMILES string of the molecule is CCCNC1CCCCCC1N1CCN(C)CC1C. The van der Waals surface area contributed by atoms with Gasteiger partial charge in [-0.25, -0.2) is 0 Å². The van der Waals surface area contributed by atoms with Crippen molar-refractivity contribution in [1.29, 1.82) is 0 Å². The van der Waals surface area contributed by atoms with Gasteiger partial charge in [0.1, 0.15) is 0 Å². The van der Waals surface area contributed by atoms with Gasteiger partial charge in [-0.05, 0) is 39.8 Å². The van der Waals surface area contributed by atoms with E-state index in [0.717, 1.165) is 12.1 Å². The standard InChI is InChI=1S/C16H33N3/c1-4-10-17-15-8-6-5-7-9-16(15)19-12-11-18(3)13-14(19)2/h14-17H,4-13H2,1-3H3. The molecule has 2 fully saturated rings. The van der Waals surface area contributed by atoms with E-state index >= 15 is 0 Å². The van der Waals surface area contributed by atoms with Crippen molar-refractivity contribution in [2.75, 3.05) is 33.2 Å². The highest BCUT2D eigenvalue weighted by molar-refractivity contribution is 4.91. The van der Waals surface area contributed by atoms with E-state index in [1.165, 1.54) is 64.7 Å². The number of piperazine rings is 1. The lowest BCUT2D eigenvalue weighted by atomic mass is 9.98. The van der Waals surface area contributed by atoms with Crippen molar-refractivity contribution in [3.05, 3.63) is 0 Å². The molecule has 0 radical (unpaired) electrons. The van der Waals surface area contributed by atoms with Gasteiger partial charge in [-0.2, -0.15) is 0 Å². The fraction of sp³-hybridized carbons (Fsp3) is 1.00. The maximum atomic E-state index is 3.84. The zero-order valence-corrected chi connectivity index (χ0v) is 13.2. The first-order valence-electron chi connectivity index (χ1n) is 8.40. The number of likely N-dealkylation sites (N-methyl/N-ethyl adjacent to an activating group) is 1. The number of hydrogen-bond acceptors (Lipinski definition) is 3. The molecule has 1 saturated heterocycles. The Labute approximate surface area is 119 Å². The average Bonchev–Trinajstić information content (AvgIpc) is 2.62. The van der Waals surface area contributed by atoms with Crippen molar-refractivity contribution < 1.29 is 0 Å². The van der Waals surface area contributed by atoms with Gasteiger partial charge in [-0.3, -0.25) is 4.90 Å². The molecule has 1 saturated carbocycles. The Morgan fingerprint density at radius 1 is 1.11 bits per heavy atom. The molecular formula is C16H33N3. The van der Waals surface area contributed by atoms with Crippen LogP contribution in [0, 0.1) is 0 Å².